The van der Waals surface area contributed by atoms with Crippen LogP contribution in [0.15, 0.2) is 0 Å². The smallest absolute Gasteiger partial charge is 0.0107 e. The molecule has 2 nitrogen and oxygen atoms in total. The summed E-state index contributed by atoms with van der Waals surface area (Å²) in [6, 6.07) is 0. The fourth-order valence-corrected chi connectivity index (χ4v) is 3.88. The standard InChI is InChI=1S/C17H34N2/c1-15(2)6-5-10-18-11-13-19-12-9-16-7-3-4-8-17(16)14-19/h15-18H,3-14H2,1-2H3. The summed E-state index contributed by atoms with van der Waals surface area (Å²) in [5, 5.41) is 3.62. The van der Waals surface area contributed by atoms with Crippen LogP contribution in [0.5, 0.6) is 0 Å². The summed E-state index contributed by atoms with van der Waals surface area (Å²) in [6.07, 6.45) is 10.2. The van der Waals surface area contributed by atoms with E-state index in [-0.39, 0.29) is 0 Å². The fraction of sp³-hybridized carbons (Fsp3) is 1.00. The molecule has 0 aromatic carbocycles. The first kappa shape index (κ1) is 15.3. The van der Waals surface area contributed by atoms with Crippen LogP contribution in [0.2, 0.25) is 0 Å². The summed E-state index contributed by atoms with van der Waals surface area (Å²) in [7, 11) is 0. The Morgan fingerprint density at radius 1 is 1.05 bits per heavy atom. The van der Waals surface area contributed by atoms with Crippen molar-refractivity contribution in [2.75, 3.05) is 32.7 Å². The van der Waals surface area contributed by atoms with Crippen LogP contribution in [0, 0.1) is 17.8 Å². The van der Waals surface area contributed by atoms with Gasteiger partial charge in [-0.25, -0.2) is 0 Å². The van der Waals surface area contributed by atoms with Gasteiger partial charge in [0.2, 0.25) is 0 Å². The maximum Gasteiger partial charge on any atom is 0.0107 e. The normalized spacial score (nSPS) is 28.6. The van der Waals surface area contributed by atoms with Gasteiger partial charge in [-0.3, -0.25) is 0 Å². The molecule has 0 spiro atoms. The Bertz CT molecular complexity index is 239. The predicted molar refractivity (Wildman–Crippen MR) is 83.4 cm³/mol. The van der Waals surface area contributed by atoms with Crippen LogP contribution in [0.1, 0.15) is 58.8 Å². The van der Waals surface area contributed by atoms with Crippen LogP contribution in [-0.2, 0) is 0 Å². The monoisotopic (exact) mass is 266 g/mol. The van der Waals surface area contributed by atoms with E-state index in [1.807, 2.05) is 0 Å². The Morgan fingerprint density at radius 2 is 1.84 bits per heavy atom. The van der Waals surface area contributed by atoms with Crippen molar-refractivity contribution in [3.8, 4) is 0 Å². The minimum absolute atomic E-state index is 0.854. The number of nitrogens with zero attached hydrogens (tertiary/aromatic N) is 1. The molecule has 2 atom stereocenters. The largest absolute Gasteiger partial charge is 0.315 e. The lowest BCUT2D eigenvalue weighted by atomic mass is 9.75. The van der Waals surface area contributed by atoms with Gasteiger partial charge in [-0.15, -0.1) is 0 Å². The second-order valence-corrected chi connectivity index (χ2v) is 7.18. The summed E-state index contributed by atoms with van der Waals surface area (Å²) in [5.41, 5.74) is 0. The van der Waals surface area contributed by atoms with Crippen LogP contribution in [0.4, 0.5) is 0 Å². The molecule has 1 saturated carbocycles. The third-order valence-corrected chi connectivity index (χ3v) is 5.12. The van der Waals surface area contributed by atoms with Crippen molar-refractivity contribution < 1.29 is 0 Å². The highest BCUT2D eigenvalue weighted by Crippen LogP contribution is 2.35. The highest BCUT2D eigenvalue weighted by molar-refractivity contribution is 4.83. The number of likely N-dealkylation sites (tertiary alicyclic amines) is 1. The summed E-state index contributed by atoms with van der Waals surface area (Å²) < 4.78 is 0. The van der Waals surface area contributed by atoms with Crippen molar-refractivity contribution in [3.63, 3.8) is 0 Å². The number of fused-ring (bicyclic) bond motifs is 1. The molecule has 1 N–H and O–H groups in total. The van der Waals surface area contributed by atoms with Crippen molar-refractivity contribution in [2.24, 2.45) is 17.8 Å². The first-order valence-corrected chi connectivity index (χ1v) is 8.69. The third-order valence-electron chi connectivity index (χ3n) is 5.12. The van der Waals surface area contributed by atoms with Crippen molar-refractivity contribution in [2.45, 2.75) is 58.8 Å². The Hall–Kier alpha value is -0.0800. The number of hydrogen-bond acceptors (Lipinski definition) is 2. The van der Waals surface area contributed by atoms with E-state index in [0.717, 1.165) is 17.8 Å². The van der Waals surface area contributed by atoms with Gasteiger partial charge in [-0.05, 0) is 56.5 Å². The molecule has 2 heteroatoms. The van der Waals surface area contributed by atoms with Crippen molar-refractivity contribution >= 4 is 0 Å². The van der Waals surface area contributed by atoms with Gasteiger partial charge >= 0.3 is 0 Å². The van der Waals surface area contributed by atoms with Crippen molar-refractivity contribution in [1.29, 1.82) is 0 Å². The van der Waals surface area contributed by atoms with Crippen LogP contribution in [-0.4, -0.2) is 37.6 Å². The summed E-state index contributed by atoms with van der Waals surface area (Å²) in [4.78, 5) is 2.71. The predicted octanol–water partition coefficient (Wildman–Crippen LogP) is 3.52. The molecule has 0 aromatic heterocycles. The molecule has 0 aromatic rings. The van der Waals surface area contributed by atoms with Gasteiger partial charge in [-0.2, -0.15) is 0 Å². The van der Waals surface area contributed by atoms with Crippen LogP contribution >= 0.6 is 0 Å². The lowest BCUT2D eigenvalue weighted by Gasteiger charge is -2.41. The first-order chi connectivity index (χ1) is 9.25. The van der Waals surface area contributed by atoms with Crippen molar-refractivity contribution in [3.05, 3.63) is 0 Å². The zero-order valence-corrected chi connectivity index (χ0v) is 13.2. The van der Waals surface area contributed by atoms with E-state index in [1.165, 1.54) is 77.7 Å². The van der Waals surface area contributed by atoms with E-state index in [2.05, 4.69) is 24.1 Å². The van der Waals surface area contributed by atoms with E-state index in [4.69, 9.17) is 0 Å². The van der Waals surface area contributed by atoms with Gasteiger partial charge in [0.05, 0.1) is 0 Å². The quantitative estimate of drug-likeness (QED) is 0.709. The summed E-state index contributed by atoms with van der Waals surface area (Å²) in [5.74, 6) is 2.96. The van der Waals surface area contributed by atoms with E-state index >= 15 is 0 Å². The zero-order chi connectivity index (χ0) is 13.5. The van der Waals surface area contributed by atoms with Gasteiger partial charge in [0.15, 0.2) is 0 Å². The SMILES string of the molecule is CC(C)CCCNCCN1CCC2CCCCC2C1. The molecular weight excluding hydrogens is 232 g/mol. The molecular formula is C17H34N2. The second kappa shape index (κ2) is 8.26. The number of nitrogens with one attached hydrogen (secondary N) is 1. The number of piperidine rings is 1. The molecule has 1 aliphatic carbocycles. The molecule has 1 heterocycles. The molecule has 2 fully saturated rings. The number of rotatable bonds is 7. The molecule has 1 aliphatic heterocycles. The van der Waals surface area contributed by atoms with E-state index < -0.39 is 0 Å². The van der Waals surface area contributed by atoms with E-state index in [1.54, 1.807) is 0 Å². The Kier molecular flexibility index (Phi) is 6.66. The molecule has 2 unspecified atom stereocenters. The molecule has 0 radical (unpaired) electrons. The number of hydrogen-bond donors (Lipinski definition) is 1. The summed E-state index contributed by atoms with van der Waals surface area (Å²) in [6.45, 7) is 11.0. The molecule has 2 rings (SSSR count). The van der Waals surface area contributed by atoms with Crippen LogP contribution in [0.25, 0.3) is 0 Å². The maximum atomic E-state index is 3.62. The van der Waals surface area contributed by atoms with E-state index in [9.17, 15) is 0 Å². The zero-order valence-electron chi connectivity index (χ0n) is 13.2. The van der Waals surface area contributed by atoms with Crippen LogP contribution < -0.4 is 5.32 Å². The first-order valence-electron chi connectivity index (χ1n) is 8.69. The molecule has 112 valence electrons. The molecule has 1 saturated heterocycles. The lowest BCUT2D eigenvalue weighted by Crippen LogP contribution is -2.44. The van der Waals surface area contributed by atoms with E-state index in [0.29, 0.717) is 0 Å². The van der Waals surface area contributed by atoms with Gasteiger partial charge in [-0.1, -0.05) is 33.1 Å². The fourth-order valence-electron chi connectivity index (χ4n) is 3.88. The summed E-state index contributed by atoms with van der Waals surface area (Å²) >= 11 is 0. The van der Waals surface area contributed by atoms with Crippen molar-refractivity contribution in [1.82, 2.24) is 10.2 Å². The lowest BCUT2D eigenvalue weighted by molar-refractivity contribution is 0.0876. The Morgan fingerprint density at radius 3 is 2.63 bits per heavy atom. The Labute approximate surface area is 120 Å². The third kappa shape index (κ3) is 5.43. The van der Waals surface area contributed by atoms with Crippen LogP contribution in [0.3, 0.4) is 0 Å². The van der Waals surface area contributed by atoms with Gasteiger partial charge in [0.25, 0.3) is 0 Å². The molecule has 0 amide bonds. The maximum absolute atomic E-state index is 3.62. The topological polar surface area (TPSA) is 15.3 Å². The average molecular weight is 266 g/mol. The molecule has 2 aliphatic rings. The minimum atomic E-state index is 0.854. The molecule has 0 bridgehead atoms. The highest BCUT2D eigenvalue weighted by Gasteiger charge is 2.30. The van der Waals surface area contributed by atoms with Gasteiger partial charge < -0.3 is 10.2 Å². The highest BCUT2D eigenvalue weighted by atomic mass is 15.1. The average Bonchev–Trinajstić information content (AvgIpc) is 2.42. The minimum Gasteiger partial charge on any atom is -0.315 e. The van der Waals surface area contributed by atoms with Gasteiger partial charge in [0.1, 0.15) is 0 Å². The second-order valence-electron chi connectivity index (χ2n) is 7.18. The molecule has 19 heavy (non-hydrogen) atoms. The van der Waals surface area contributed by atoms with Gasteiger partial charge in [0, 0.05) is 19.6 Å². The Balaban J connectivity index is 1.52.